The molecule has 1 saturated carbocycles. The van der Waals surface area contributed by atoms with E-state index in [0.717, 1.165) is 19.4 Å². The molecule has 1 amide bonds. The van der Waals surface area contributed by atoms with Crippen LogP contribution in [0.1, 0.15) is 24.8 Å². The molecule has 1 aromatic rings. The highest BCUT2D eigenvalue weighted by atomic mass is 35.5. The van der Waals surface area contributed by atoms with Crippen LogP contribution in [-0.2, 0) is 11.3 Å². The monoisotopic (exact) mass is 237 g/mol. The molecule has 0 spiro atoms. The number of hydrogen-bond donors (Lipinski definition) is 0. The molecule has 0 aromatic heterocycles. The predicted molar refractivity (Wildman–Crippen MR) is 65.4 cm³/mol. The summed E-state index contributed by atoms with van der Waals surface area (Å²) in [6.45, 7) is 0.723. The van der Waals surface area contributed by atoms with Gasteiger partial charge < -0.3 is 4.90 Å². The smallest absolute Gasteiger partial charge is 0.224 e. The Hall–Kier alpha value is -1.02. The maximum atomic E-state index is 11.9. The lowest BCUT2D eigenvalue weighted by Gasteiger charge is -2.22. The Morgan fingerprint density at radius 2 is 2.00 bits per heavy atom. The fourth-order valence-electron chi connectivity index (χ4n) is 1.81. The van der Waals surface area contributed by atoms with Crippen molar-refractivity contribution in [2.45, 2.75) is 31.8 Å². The van der Waals surface area contributed by atoms with Gasteiger partial charge in [-0.15, -0.1) is 11.6 Å². The van der Waals surface area contributed by atoms with Crippen molar-refractivity contribution >= 4 is 17.5 Å². The number of benzene rings is 1. The van der Waals surface area contributed by atoms with Crippen LogP contribution in [-0.4, -0.2) is 22.7 Å². The summed E-state index contributed by atoms with van der Waals surface area (Å²) in [4.78, 5) is 13.8. The zero-order valence-electron chi connectivity index (χ0n) is 9.23. The molecule has 1 aliphatic carbocycles. The molecular formula is C13H16ClNO. The van der Waals surface area contributed by atoms with Crippen molar-refractivity contribution in [2.24, 2.45) is 0 Å². The van der Waals surface area contributed by atoms with Crippen LogP contribution in [0, 0.1) is 0 Å². The van der Waals surface area contributed by atoms with Gasteiger partial charge in [-0.1, -0.05) is 30.3 Å². The van der Waals surface area contributed by atoms with E-state index in [1.54, 1.807) is 0 Å². The minimum absolute atomic E-state index is 0.182. The van der Waals surface area contributed by atoms with E-state index in [0.29, 0.717) is 18.3 Å². The van der Waals surface area contributed by atoms with Crippen LogP contribution in [0.2, 0.25) is 0 Å². The molecule has 1 aromatic carbocycles. The van der Waals surface area contributed by atoms with Crippen LogP contribution < -0.4 is 0 Å². The van der Waals surface area contributed by atoms with Crippen molar-refractivity contribution < 1.29 is 4.79 Å². The second-order valence-electron chi connectivity index (χ2n) is 4.18. The van der Waals surface area contributed by atoms with E-state index in [-0.39, 0.29) is 5.91 Å². The highest BCUT2D eigenvalue weighted by Crippen LogP contribution is 2.28. The van der Waals surface area contributed by atoms with Crippen LogP contribution in [0.15, 0.2) is 30.3 Å². The summed E-state index contributed by atoms with van der Waals surface area (Å²) in [6, 6.07) is 10.6. The standard InChI is InChI=1S/C13H16ClNO/c14-9-8-13(16)15(12-6-7-12)10-11-4-2-1-3-5-11/h1-5,12H,6-10H2. The molecule has 0 aliphatic heterocycles. The second kappa shape index (κ2) is 5.35. The Labute approximate surface area is 101 Å². The number of hydrogen-bond acceptors (Lipinski definition) is 1. The van der Waals surface area contributed by atoms with E-state index in [2.05, 4.69) is 12.1 Å². The van der Waals surface area contributed by atoms with Crippen LogP contribution in [0.4, 0.5) is 0 Å². The maximum Gasteiger partial charge on any atom is 0.224 e. The number of nitrogens with zero attached hydrogens (tertiary/aromatic N) is 1. The van der Waals surface area contributed by atoms with Crippen LogP contribution in [0.5, 0.6) is 0 Å². The summed E-state index contributed by atoms with van der Waals surface area (Å²) in [5.74, 6) is 0.595. The highest BCUT2D eigenvalue weighted by Gasteiger charge is 2.31. The van der Waals surface area contributed by atoms with Crippen LogP contribution >= 0.6 is 11.6 Å². The second-order valence-corrected chi connectivity index (χ2v) is 4.56. The largest absolute Gasteiger partial charge is 0.335 e. The lowest BCUT2D eigenvalue weighted by Crippen LogP contribution is -2.32. The Morgan fingerprint density at radius 1 is 1.31 bits per heavy atom. The Kier molecular flexibility index (Phi) is 3.83. The summed E-state index contributed by atoms with van der Waals surface area (Å²) in [7, 11) is 0. The number of amides is 1. The van der Waals surface area contributed by atoms with Gasteiger partial charge in [-0.25, -0.2) is 0 Å². The van der Waals surface area contributed by atoms with Crippen molar-refractivity contribution in [2.75, 3.05) is 5.88 Å². The number of halogens is 1. The van der Waals surface area contributed by atoms with E-state index >= 15 is 0 Å². The van der Waals surface area contributed by atoms with Crippen molar-refractivity contribution in [1.82, 2.24) is 4.90 Å². The molecule has 0 N–H and O–H groups in total. The molecule has 0 unspecified atom stereocenters. The Balaban J connectivity index is 2.00. The first-order chi connectivity index (χ1) is 7.81. The van der Waals surface area contributed by atoms with Gasteiger partial charge in [-0.05, 0) is 18.4 Å². The van der Waals surface area contributed by atoms with Gasteiger partial charge in [0, 0.05) is 24.9 Å². The van der Waals surface area contributed by atoms with Gasteiger partial charge in [0.05, 0.1) is 0 Å². The van der Waals surface area contributed by atoms with Gasteiger partial charge >= 0.3 is 0 Å². The third-order valence-electron chi connectivity index (χ3n) is 2.81. The molecule has 1 aliphatic rings. The topological polar surface area (TPSA) is 20.3 Å². The zero-order valence-corrected chi connectivity index (χ0v) is 9.99. The molecule has 2 nitrogen and oxygen atoms in total. The fraction of sp³-hybridized carbons (Fsp3) is 0.462. The van der Waals surface area contributed by atoms with Crippen LogP contribution in [0.25, 0.3) is 0 Å². The zero-order chi connectivity index (χ0) is 11.4. The molecule has 1 fully saturated rings. The van der Waals surface area contributed by atoms with E-state index in [1.807, 2.05) is 23.1 Å². The molecule has 0 radical (unpaired) electrons. The quantitative estimate of drug-likeness (QED) is 0.722. The number of carbonyl (C=O) groups excluding carboxylic acids is 1. The van der Waals surface area contributed by atoms with Crippen molar-refractivity contribution in [1.29, 1.82) is 0 Å². The van der Waals surface area contributed by atoms with E-state index in [9.17, 15) is 4.79 Å². The highest BCUT2D eigenvalue weighted by molar-refractivity contribution is 6.18. The summed E-state index contributed by atoms with van der Waals surface area (Å²) < 4.78 is 0. The lowest BCUT2D eigenvalue weighted by atomic mass is 10.2. The summed E-state index contributed by atoms with van der Waals surface area (Å²) in [6.07, 6.45) is 2.73. The van der Waals surface area contributed by atoms with E-state index in [4.69, 9.17) is 11.6 Å². The van der Waals surface area contributed by atoms with E-state index < -0.39 is 0 Å². The molecular weight excluding hydrogens is 222 g/mol. The van der Waals surface area contributed by atoms with Crippen molar-refractivity contribution in [3.63, 3.8) is 0 Å². The van der Waals surface area contributed by atoms with Gasteiger partial charge in [-0.2, -0.15) is 0 Å². The molecule has 86 valence electrons. The lowest BCUT2D eigenvalue weighted by molar-refractivity contribution is -0.132. The number of rotatable bonds is 5. The van der Waals surface area contributed by atoms with Gasteiger partial charge in [-0.3, -0.25) is 4.79 Å². The van der Waals surface area contributed by atoms with Gasteiger partial charge in [0.1, 0.15) is 0 Å². The maximum absolute atomic E-state index is 11.9. The summed E-state index contributed by atoms with van der Waals surface area (Å²) in [5.41, 5.74) is 1.19. The fourth-order valence-corrected chi connectivity index (χ4v) is 1.97. The predicted octanol–water partition coefficient (Wildman–Crippen LogP) is 2.81. The van der Waals surface area contributed by atoms with Gasteiger partial charge in [0.2, 0.25) is 5.91 Å². The average molecular weight is 238 g/mol. The molecule has 0 atom stereocenters. The molecule has 3 heteroatoms. The SMILES string of the molecule is O=C(CCCl)N(Cc1ccccc1)C1CC1. The van der Waals surface area contributed by atoms with Crippen LogP contribution in [0.3, 0.4) is 0 Å². The molecule has 0 heterocycles. The Morgan fingerprint density at radius 3 is 2.56 bits per heavy atom. The minimum atomic E-state index is 0.182. The minimum Gasteiger partial charge on any atom is -0.335 e. The van der Waals surface area contributed by atoms with E-state index in [1.165, 1.54) is 5.56 Å². The third-order valence-corrected chi connectivity index (χ3v) is 3.00. The normalized spacial score (nSPS) is 14.8. The molecule has 0 bridgehead atoms. The van der Waals surface area contributed by atoms with Crippen molar-refractivity contribution in [3.05, 3.63) is 35.9 Å². The summed E-state index contributed by atoms with van der Waals surface area (Å²) in [5, 5.41) is 0. The molecule has 16 heavy (non-hydrogen) atoms. The average Bonchev–Trinajstić information content (AvgIpc) is 3.11. The number of carbonyl (C=O) groups is 1. The first kappa shape index (κ1) is 11.5. The van der Waals surface area contributed by atoms with Gasteiger partial charge in [0.25, 0.3) is 0 Å². The molecule has 0 saturated heterocycles. The molecule has 2 rings (SSSR count). The first-order valence-corrected chi connectivity index (χ1v) is 6.24. The number of alkyl halides is 1. The first-order valence-electron chi connectivity index (χ1n) is 5.70. The Bertz CT molecular complexity index is 348. The van der Waals surface area contributed by atoms with Crippen molar-refractivity contribution in [3.8, 4) is 0 Å². The third kappa shape index (κ3) is 2.99. The summed E-state index contributed by atoms with van der Waals surface area (Å²) >= 11 is 5.62. The van der Waals surface area contributed by atoms with Gasteiger partial charge in [0.15, 0.2) is 0 Å².